The lowest BCUT2D eigenvalue weighted by Gasteiger charge is -2.17. The van der Waals surface area contributed by atoms with Crippen molar-refractivity contribution >= 4 is 33.2 Å². The Bertz CT molecular complexity index is 899. The van der Waals surface area contributed by atoms with E-state index in [1.807, 2.05) is 43.4 Å². The summed E-state index contributed by atoms with van der Waals surface area (Å²) in [4.78, 5) is 12.6. The van der Waals surface area contributed by atoms with Crippen molar-refractivity contribution in [2.45, 2.75) is 30.8 Å². The molecule has 0 spiro atoms. The van der Waals surface area contributed by atoms with Gasteiger partial charge in [0.05, 0.1) is 4.90 Å². The Hall–Kier alpha value is -1.93. The van der Waals surface area contributed by atoms with Crippen LogP contribution >= 0.6 is 11.6 Å². The van der Waals surface area contributed by atoms with Crippen LogP contribution in [0.3, 0.4) is 0 Å². The number of carbonyl (C=O) groups excluding carboxylic acids is 1. The maximum absolute atomic E-state index is 12.5. The molecule has 2 aromatic carbocycles. The molecule has 2 rings (SSSR count). The van der Waals surface area contributed by atoms with Crippen LogP contribution in [0.4, 0.5) is 5.69 Å². The summed E-state index contributed by atoms with van der Waals surface area (Å²) in [5.74, 6) is -0.199. The SMILES string of the molecule is C[C@H]([NH2+][C@H](C)c1ccc(Cl)cc1)C(=O)Nc1cccc(S(=O)(=O)N(C)C)c1. The lowest BCUT2D eigenvalue weighted by atomic mass is 10.1. The Kier molecular flexibility index (Phi) is 7.00. The molecule has 0 aromatic heterocycles. The van der Waals surface area contributed by atoms with Crippen LogP contribution < -0.4 is 10.6 Å². The molecule has 0 saturated carbocycles. The molecule has 2 aromatic rings. The zero-order chi connectivity index (χ0) is 20.2. The van der Waals surface area contributed by atoms with Crippen molar-refractivity contribution in [2.75, 3.05) is 19.4 Å². The van der Waals surface area contributed by atoms with Gasteiger partial charge in [-0.15, -0.1) is 0 Å². The van der Waals surface area contributed by atoms with E-state index < -0.39 is 10.0 Å². The minimum atomic E-state index is -3.55. The number of sulfonamides is 1. The third kappa shape index (κ3) is 5.52. The molecule has 0 saturated heterocycles. The molecule has 0 aliphatic rings. The van der Waals surface area contributed by atoms with E-state index >= 15 is 0 Å². The normalized spacial score (nSPS) is 14.0. The summed E-state index contributed by atoms with van der Waals surface area (Å²) in [6, 6.07) is 13.5. The van der Waals surface area contributed by atoms with Gasteiger partial charge in [-0.1, -0.05) is 29.8 Å². The second kappa shape index (κ2) is 8.84. The number of nitrogens with two attached hydrogens (primary N) is 1. The Morgan fingerprint density at radius 2 is 1.74 bits per heavy atom. The van der Waals surface area contributed by atoms with Crippen molar-refractivity contribution < 1.29 is 18.5 Å². The summed E-state index contributed by atoms with van der Waals surface area (Å²) < 4.78 is 25.6. The summed E-state index contributed by atoms with van der Waals surface area (Å²) in [5.41, 5.74) is 1.51. The number of anilines is 1. The van der Waals surface area contributed by atoms with Crippen molar-refractivity contribution in [3.63, 3.8) is 0 Å². The minimum absolute atomic E-state index is 0.0727. The van der Waals surface area contributed by atoms with E-state index in [1.54, 1.807) is 12.1 Å². The zero-order valence-electron chi connectivity index (χ0n) is 15.8. The predicted octanol–water partition coefficient (Wildman–Crippen LogP) is 2.24. The number of carbonyl (C=O) groups is 1. The highest BCUT2D eigenvalue weighted by molar-refractivity contribution is 7.89. The standard InChI is InChI=1S/C19H24ClN3O3S/c1-13(15-8-10-16(20)11-9-15)21-14(2)19(24)22-17-6-5-7-18(12-17)27(25,26)23(3)4/h5-14,21H,1-4H3,(H,22,24)/p+1/t13-,14+/m1/s1. The van der Waals surface area contributed by atoms with E-state index in [4.69, 9.17) is 11.6 Å². The number of rotatable bonds is 7. The maximum atomic E-state index is 12.5. The fraction of sp³-hybridized carbons (Fsp3) is 0.316. The van der Waals surface area contributed by atoms with Crippen molar-refractivity contribution in [3.8, 4) is 0 Å². The van der Waals surface area contributed by atoms with E-state index in [1.165, 1.54) is 26.2 Å². The summed E-state index contributed by atoms with van der Waals surface area (Å²) in [6.07, 6.45) is 0. The largest absolute Gasteiger partial charge is 0.330 e. The van der Waals surface area contributed by atoms with Crippen molar-refractivity contribution in [1.82, 2.24) is 4.31 Å². The summed E-state index contributed by atoms with van der Waals surface area (Å²) >= 11 is 5.91. The van der Waals surface area contributed by atoms with E-state index in [0.717, 1.165) is 9.87 Å². The first-order chi connectivity index (χ1) is 12.6. The van der Waals surface area contributed by atoms with Crippen molar-refractivity contribution in [3.05, 3.63) is 59.1 Å². The number of hydrogen-bond acceptors (Lipinski definition) is 3. The molecule has 0 aliphatic heterocycles. The van der Waals surface area contributed by atoms with Gasteiger partial charge in [0.2, 0.25) is 10.0 Å². The Balaban J connectivity index is 2.05. The number of quaternary nitrogens is 1. The number of halogens is 1. The van der Waals surface area contributed by atoms with Crippen LogP contribution in [0.25, 0.3) is 0 Å². The molecule has 8 heteroatoms. The average Bonchev–Trinajstić information content (AvgIpc) is 2.62. The molecule has 27 heavy (non-hydrogen) atoms. The van der Waals surface area contributed by atoms with Crippen LogP contribution in [-0.2, 0) is 14.8 Å². The molecular weight excluding hydrogens is 386 g/mol. The van der Waals surface area contributed by atoms with Gasteiger partial charge in [-0.05, 0) is 44.2 Å². The second-order valence-electron chi connectivity index (χ2n) is 6.63. The Morgan fingerprint density at radius 1 is 1.11 bits per heavy atom. The fourth-order valence-electron chi connectivity index (χ4n) is 2.60. The van der Waals surface area contributed by atoms with Crippen LogP contribution in [0.5, 0.6) is 0 Å². The molecule has 2 atom stereocenters. The first-order valence-corrected chi connectivity index (χ1v) is 10.4. The first kappa shape index (κ1) is 21.4. The fourth-order valence-corrected chi connectivity index (χ4v) is 3.67. The maximum Gasteiger partial charge on any atom is 0.282 e. The molecule has 6 nitrogen and oxygen atoms in total. The highest BCUT2D eigenvalue weighted by Gasteiger charge is 2.22. The van der Waals surface area contributed by atoms with Gasteiger partial charge in [-0.2, -0.15) is 0 Å². The summed E-state index contributed by atoms with van der Waals surface area (Å²) in [7, 11) is -0.615. The van der Waals surface area contributed by atoms with Gasteiger partial charge in [0.1, 0.15) is 6.04 Å². The van der Waals surface area contributed by atoms with Crippen LogP contribution in [0.15, 0.2) is 53.4 Å². The molecule has 0 bridgehead atoms. The van der Waals surface area contributed by atoms with Crippen LogP contribution in [0.1, 0.15) is 25.5 Å². The second-order valence-corrected chi connectivity index (χ2v) is 9.21. The zero-order valence-corrected chi connectivity index (χ0v) is 17.4. The molecule has 1 amide bonds. The topological polar surface area (TPSA) is 83.1 Å². The lowest BCUT2D eigenvalue weighted by molar-refractivity contribution is -0.709. The number of amides is 1. The van der Waals surface area contributed by atoms with Crippen LogP contribution in [0.2, 0.25) is 5.02 Å². The smallest absolute Gasteiger partial charge is 0.282 e. The monoisotopic (exact) mass is 410 g/mol. The van der Waals surface area contributed by atoms with Crippen LogP contribution in [-0.4, -0.2) is 38.8 Å². The van der Waals surface area contributed by atoms with Gasteiger partial charge in [0.15, 0.2) is 6.04 Å². The van der Waals surface area contributed by atoms with Gasteiger partial charge in [0, 0.05) is 30.4 Å². The molecular formula is C19H25ClN3O3S+. The average molecular weight is 411 g/mol. The van der Waals surface area contributed by atoms with Crippen LogP contribution in [0, 0.1) is 0 Å². The van der Waals surface area contributed by atoms with E-state index in [9.17, 15) is 13.2 Å². The Morgan fingerprint density at radius 3 is 2.33 bits per heavy atom. The van der Waals surface area contributed by atoms with Gasteiger partial charge in [0.25, 0.3) is 5.91 Å². The van der Waals surface area contributed by atoms with Gasteiger partial charge in [-0.25, -0.2) is 12.7 Å². The molecule has 0 fully saturated rings. The van der Waals surface area contributed by atoms with E-state index in [-0.39, 0.29) is 22.9 Å². The van der Waals surface area contributed by atoms with Crippen molar-refractivity contribution in [2.24, 2.45) is 0 Å². The molecule has 0 unspecified atom stereocenters. The molecule has 0 heterocycles. The quantitative estimate of drug-likeness (QED) is 0.734. The number of benzene rings is 2. The van der Waals surface area contributed by atoms with Gasteiger partial charge >= 0.3 is 0 Å². The van der Waals surface area contributed by atoms with Crippen molar-refractivity contribution in [1.29, 1.82) is 0 Å². The van der Waals surface area contributed by atoms with E-state index in [0.29, 0.717) is 10.7 Å². The molecule has 146 valence electrons. The summed E-state index contributed by atoms with van der Waals surface area (Å²) in [6.45, 7) is 3.82. The summed E-state index contributed by atoms with van der Waals surface area (Å²) in [5, 5.41) is 5.40. The third-order valence-corrected chi connectivity index (χ3v) is 6.33. The molecule has 0 radical (unpaired) electrons. The molecule has 0 aliphatic carbocycles. The number of hydrogen-bond donors (Lipinski definition) is 2. The van der Waals surface area contributed by atoms with E-state index in [2.05, 4.69) is 5.32 Å². The number of nitrogens with zero attached hydrogens (tertiary/aromatic N) is 1. The highest BCUT2D eigenvalue weighted by Crippen LogP contribution is 2.18. The molecule has 3 N–H and O–H groups in total. The van der Waals surface area contributed by atoms with Gasteiger partial charge in [-0.3, -0.25) is 4.79 Å². The van der Waals surface area contributed by atoms with Gasteiger partial charge < -0.3 is 10.6 Å². The highest BCUT2D eigenvalue weighted by atomic mass is 35.5. The minimum Gasteiger partial charge on any atom is -0.330 e. The Labute approximate surface area is 165 Å². The third-order valence-electron chi connectivity index (χ3n) is 4.27. The number of nitrogens with one attached hydrogen (secondary N) is 1. The predicted molar refractivity (Wildman–Crippen MR) is 107 cm³/mol. The lowest BCUT2D eigenvalue weighted by Crippen LogP contribution is -2.91. The first-order valence-electron chi connectivity index (χ1n) is 8.55.